The smallest absolute Gasteiger partial charge is 0.226 e. The van der Waals surface area contributed by atoms with Crippen molar-refractivity contribution in [3.8, 4) is 5.75 Å². The van der Waals surface area contributed by atoms with E-state index in [9.17, 15) is 9.90 Å². The number of aromatic nitrogens is 3. The van der Waals surface area contributed by atoms with E-state index >= 15 is 0 Å². The maximum atomic E-state index is 10.7. The Morgan fingerprint density at radius 1 is 1.57 bits per heavy atom. The van der Waals surface area contributed by atoms with E-state index in [4.69, 9.17) is 0 Å². The van der Waals surface area contributed by atoms with Gasteiger partial charge in [0.1, 0.15) is 0 Å². The monoisotopic (exact) mass is 194 g/mol. The fourth-order valence-electron chi connectivity index (χ4n) is 0.979. The molecule has 7 heteroatoms. The minimum absolute atomic E-state index is 0.0423. The van der Waals surface area contributed by atoms with Gasteiger partial charge in [0.15, 0.2) is 17.1 Å². The van der Waals surface area contributed by atoms with E-state index in [1.165, 1.54) is 13.0 Å². The fraction of sp³-hybridized carbons (Fsp3) is 0.143. The van der Waals surface area contributed by atoms with Crippen LogP contribution in [0.15, 0.2) is 10.7 Å². The second kappa shape index (κ2) is 2.95. The largest absolute Gasteiger partial charge is 0.504 e. The van der Waals surface area contributed by atoms with Crippen molar-refractivity contribution in [3.05, 3.63) is 6.07 Å². The minimum atomic E-state index is -0.330. The standard InChI is InChI=1S/C7H6N4O3/c1-3(12)8-7-5(13)2-4-6(9-7)11-14-10-4/h2,13H,1H3,(H,8,9,11,12). The molecule has 0 saturated carbocycles. The molecule has 1 amide bonds. The van der Waals surface area contributed by atoms with Crippen LogP contribution in [0.2, 0.25) is 0 Å². The van der Waals surface area contributed by atoms with Crippen LogP contribution < -0.4 is 5.32 Å². The highest BCUT2D eigenvalue weighted by molar-refractivity contribution is 5.90. The number of carbonyl (C=O) groups is 1. The lowest BCUT2D eigenvalue weighted by Crippen LogP contribution is -2.07. The van der Waals surface area contributed by atoms with Crippen LogP contribution >= 0.6 is 0 Å². The van der Waals surface area contributed by atoms with Gasteiger partial charge in [-0.15, -0.1) is 0 Å². The molecule has 7 nitrogen and oxygen atoms in total. The Hall–Kier alpha value is -2.18. The third kappa shape index (κ3) is 1.35. The highest BCUT2D eigenvalue weighted by atomic mass is 16.6. The number of hydrogen-bond donors (Lipinski definition) is 2. The number of aromatic hydroxyl groups is 1. The van der Waals surface area contributed by atoms with Crippen molar-refractivity contribution in [2.45, 2.75) is 6.92 Å². The van der Waals surface area contributed by atoms with Crippen LogP contribution in [0.5, 0.6) is 5.75 Å². The zero-order valence-corrected chi connectivity index (χ0v) is 7.18. The summed E-state index contributed by atoms with van der Waals surface area (Å²) in [4.78, 5) is 14.5. The Labute approximate surface area is 77.7 Å². The van der Waals surface area contributed by atoms with Gasteiger partial charge in [-0.05, 0) is 10.3 Å². The van der Waals surface area contributed by atoms with Gasteiger partial charge in [-0.25, -0.2) is 9.61 Å². The lowest BCUT2D eigenvalue weighted by molar-refractivity contribution is -0.114. The lowest BCUT2D eigenvalue weighted by atomic mass is 10.4. The lowest BCUT2D eigenvalue weighted by Gasteiger charge is -2.01. The molecule has 2 aromatic rings. The second-order valence-corrected chi connectivity index (χ2v) is 2.64. The van der Waals surface area contributed by atoms with E-state index in [1.807, 2.05) is 0 Å². The zero-order chi connectivity index (χ0) is 10.1. The van der Waals surface area contributed by atoms with Crippen molar-refractivity contribution in [1.29, 1.82) is 0 Å². The zero-order valence-electron chi connectivity index (χ0n) is 7.18. The number of nitrogens with one attached hydrogen (secondary N) is 1. The summed E-state index contributed by atoms with van der Waals surface area (Å²) in [6.07, 6.45) is 0. The first-order chi connectivity index (χ1) is 6.66. The summed E-state index contributed by atoms with van der Waals surface area (Å²) in [6, 6.07) is 1.31. The van der Waals surface area contributed by atoms with Gasteiger partial charge >= 0.3 is 0 Å². The highest BCUT2D eigenvalue weighted by Gasteiger charge is 2.10. The number of carbonyl (C=O) groups excluding carboxylic acids is 1. The minimum Gasteiger partial charge on any atom is -0.504 e. The molecular weight excluding hydrogens is 188 g/mol. The average molecular weight is 194 g/mol. The summed E-state index contributed by atoms with van der Waals surface area (Å²) in [5.41, 5.74) is 0.558. The molecule has 2 aromatic heterocycles. The fourth-order valence-corrected chi connectivity index (χ4v) is 0.979. The van der Waals surface area contributed by atoms with Gasteiger partial charge in [0.05, 0.1) is 0 Å². The third-order valence-electron chi connectivity index (χ3n) is 1.52. The van der Waals surface area contributed by atoms with Crippen LogP contribution in [0, 0.1) is 0 Å². The van der Waals surface area contributed by atoms with Gasteiger partial charge in [0.25, 0.3) is 0 Å². The quantitative estimate of drug-likeness (QED) is 0.676. The van der Waals surface area contributed by atoms with Gasteiger partial charge in [-0.2, -0.15) is 0 Å². The molecule has 2 N–H and O–H groups in total. The molecule has 2 heterocycles. The molecule has 0 aromatic carbocycles. The summed E-state index contributed by atoms with van der Waals surface area (Å²) in [6.45, 7) is 1.31. The molecule has 14 heavy (non-hydrogen) atoms. The molecule has 0 aliphatic rings. The molecule has 0 bridgehead atoms. The Bertz CT molecular complexity index is 493. The molecule has 2 rings (SSSR count). The molecule has 0 unspecified atom stereocenters. The van der Waals surface area contributed by atoms with Gasteiger partial charge in [0.2, 0.25) is 11.6 Å². The number of pyridine rings is 1. The number of amides is 1. The van der Waals surface area contributed by atoms with E-state index in [-0.39, 0.29) is 23.1 Å². The van der Waals surface area contributed by atoms with Gasteiger partial charge in [0, 0.05) is 13.0 Å². The van der Waals surface area contributed by atoms with Gasteiger partial charge in [-0.1, -0.05) is 0 Å². The summed E-state index contributed by atoms with van der Waals surface area (Å²) in [5, 5.41) is 18.7. The van der Waals surface area contributed by atoms with Crippen molar-refractivity contribution in [3.63, 3.8) is 0 Å². The summed E-state index contributed by atoms with van der Waals surface area (Å²) < 4.78 is 4.39. The van der Waals surface area contributed by atoms with Gasteiger partial charge < -0.3 is 10.4 Å². The van der Waals surface area contributed by atoms with Gasteiger partial charge in [-0.3, -0.25) is 4.79 Å². The second-order valence-electron chi connectivity index (χ2n) is 2.64. The first kappa shape index (κ1) is 8.42. The third-order valence-corrected chi connectivity index (χ3v) is 1.52. The highest BCUT2D eigenvalue weighted by Crippen LogP contribution is 2.23. The molecule has 0 atom stereocenters. The Balaban J connectivity index is 2.53. The molecule has 0 aliphatic carbocycles. The summed E-state index contributed by atoms with van der Waals surface area (Å²) in [5.74, 6) is -0.465. The summed E-state index contributed by atoms with van der Waals surface area (Å²) in [7, 11) is 0. The molecule has 0 spiro atoms. The van der Waals surface area contributed by atoms with E-state index in [0.29, 0.717) is 5.52 Å². The average Bonchev–Trinajstić information content (AvgIpc) is 2.51. The number of rotatable bonds is 1. The SMILES string of the molecule is CC(=O)Nc1nc2nonc2cc1O. The number of hydrogen-bond acceptors (Lipinski definition) is 6. The van der Waals surface area contributed by atoms with Crippen LogP contribution in [0.25, 0.3) is 11.2 Å². The number of anilines is 1. The van der Waals surface area contributed by atoms with Crippen LogP contribution in [-0.2, 0) is 4.79 Å². The first-order valence-electron chi connectivity index (χ1n) is 3.76. The summed E-state index contributed by atoms with van der Waals surface area (Å²) >= 11 is 0. The van der Waals surface area contributed by atoms with Crippen LogP contribution in [0.4, 0.5) is 5.82 Å². The first-order valence-corrected chi connectivity index (χ1v) is 3.76. The van der Waals surface area contributed by atoms with E-state index in [2.05, 4.69) is 25.2 Å². The molecule has 72 valence electrons. The van der Waals surface area contributed by atoms with Crippen LogP contribution in [0.1, 0.15) is 6.92 Å². The predicted octanol–water partition coefficient (Wildman–Crippen LogP) is 0.282. The number of nitrogens with zero attached hydrogens (tertiary/aromatic N) is 3. The van der Waals surface area contributed by atoms with E-state index in [1.54, 1.807) is 0 Å². The predicted molar refractivity (Wildman–Crippen MR) is 45.6 cm³/mol. The normalized spacial score (nSPS) is 10.4. The van der Waals surface area contributed by atoms with Crippen LogP contribution in [-0.4, -0.2) is 26.3 Å². The van der Waals surface area contributed by atoms with E-state index < -0.39 is 0 Å². The van der Waals surface area contributed by atoms with Crippen molar-refractivity contribution < 1.29 is 14.5 Å². The Morgan fingerprint density at radius 2 is 2.36 bits per heavy atom. The van der Waals surface area contributed by atoms with E-state index in [0.717, 1.165) is 0 Å². The molecule has 0 radical (unpaired) electrons. The number of fused-ring (bicyclic) bond motifs is 1. The Kier molecular flexibility index (Phi) is 1.77. The molecule has 0 aliphatic heterocycles. The topological polar surface area (TPSA) is 101 Å². The maximum absolute atomic E-state index is 10.7. The molecular formula is C7H6N4O3. The van der Waals surface area contributed by atoms with Crippen molar-refractivity contribution in [1.82, 2.24) is 15.3 Å². The van der Waals surface area contributed by atoms with Crippen molar-refractivity contribution >= 4 is 22.9 Å². The molecule has 0 fully saturated rings. The van der Waals surface area contributed by atoms with Crippen molar-refractivity contribution in [2.75, 3.05) is 5.32 Å². The van der Waals surface area contributed by atoms with Crippen LogP contribution in [0.3, 0.4) is 0 Å². The van der Waals surface area contributed by atoms with Crippen molar-refractivity contribution in [2.24, 2.45) is 0 Å². The molecule has 0 saturated heterocycles. The Morgan fingerprint density at radius 3 is 3.07 bits per heavy atom. The maximum Gasteiger partial charge on any atom is 0.226 e.